The summed E-state index contributed by atoms with van der Waals surface area (Å²) in [6.45, 7) is 3.88. The molecule has 34 heavy (non-hydrogen) atoms. The summed E-state index contributed by atoms with van der Waals surface area (Å²) in [6, 6.07) is 16.0. The number of ether oxygens (including phenoxy) is 2. The molecule has 178 valence electrons. The monoisotopic (exact) mass is 499 g/mol. The summed E-state index contributed by atoms with van der Waals surface area (Å²) >= 11 is 1.49. The van der Waals surface area contributed by atoms with Gasteiger partial charge >= 0.3 is 0 Å². The van der Waals surface area contributed by atoms with E-state index in [1.165, 1.54) is 23.5 Å². The number of thiophene rings is 1. The summed E-state index contributed by atoms with van der Waals surface area (Å²) in [7, 11) is -3.71. The summed E-state index contributed by atoms with van der Waals surface area (Å²) < 4.78 is 38.8. The standard InChI is InChI=1S/C24H25N3O5S2/c28-24(19-3-1-5-21(14-19)34(29,30)25-15-20-4-2-12-33-20)27-10-8-26(9-11-27)16-18-6-7-22-23(13-18)32-17-31-22/h1-7,12-14,25H,8-11,15-17H2. The highest BCUT2D eigenvalue weighted by Crippen LogP contribution is 2.32. The Morgan fingerprint density at radius 1 is 0.971 bits per heavy atom. The van der Waals surface area contributed by atoms with Crippen molar-refractivity contribution in [3.8, 4) is 11.5 Å². The molecular weight excluding hydrogens is 474 g/mol. The summed E-state index contributed by atoms with van der Waals surface area (Å²) in [5.74, 6) is 1.38. The van der Waals surface area contributed by atoms with Crippen molar-refractivity contribution < 1.29 is 22.7 Å². The molecule has 0 saturated carbocycles. The number of hydrogen-bond donors (Lipinski definition) is 1. The molecule has 0 radical (unpaired) electrons. The number of hydrogen-bond acceptors (Lipinski definition) is 7. The van der Waals surface area contributed by atoms with Crippen molar-refractivity contribution in [1.29, 1.82) is 0 Å². The van der Waals surface area contributed by atoms with E-state index < -0.39 is 10.0 Å². The van der Waals surface area contributed by atoms with Crippen LogP contribution in [-0.2, 0) is 23.1 Å². The van der Waals surface area contributed by atoms with Crippen LogP contribution in [0, 0.1) is 0 Å². The quantitative estimate of drug-likeness (QED) is 0.538. The number of carbonyl (C=O) groups is 1. The van der Waals surface area contributed by atoms with Crippen molar-refractivity contribution in [2.45, 2.75) is 18.0 Å². The van der Waals surface area contributed by atoms with Gasteiger partial charge in [0.05, 0.1) is 4.90 Å². The zero-order chi connectivity index (χ0) is 23.5. The molecule has 2 aliphatic heterocycles. The molecule has 2 aliphatic rings. The van der Waals surface area contributed by atoms with E-state index in [0.29, 0.717) is 18.7 Å². The van der Waals surface area contributed by atoms with Crippen molar-refractivity contribution >= 4 is 27.3 Å². The van der Waals surface area contributed by atoms with E-state index in [0.717, 1.165) is 41.6 Å². The van der Waals surface area contributed by atoms with Gasteiger partial charge in [-0.3, -0.25) is 9.69 Å². The minimum atomic E-state index is -3.71. The van der Waals surface area contributed by atoms with Gasteiger partial charge in [-0.15, -0.1) is 11.3 Å². The summed E-state index contributed by atoms with van der Waals surface area (Å²) in [4.78, 5) is 18.2. The summed E-state index contributed by atoms with van der Waals surface area (Å²) in [5.41, 5.74) is 1.51. The lowest BCUT2D eigenvalue weighted by Gasteiger charge is -2.34. The first-order chi connectivity index (χ1) is 16.5. The van der Waals surface area contributed by atoms with E-state index in [9.17, 15) is 13.2 Å². The highest BCUT2D eigenvalue weighted by molar-refractivity contribution is 7.89. The third-order valence-electron chi connectivity index (χ3n) is 5.91. The third-order valence-corrected chi connectivity index (χ3v) is 8.19. The Morgan fingerprint density at radius 3 is 2.59 bits per heavy atom. The minimum Gasteiger partial charge on any atom is -0.454 e. The van der Waals surface area contributed by atoms with Crippen LogP contribution in [0.25, 0.3) is 0 Å². The molecule has 3 aromatic rings. The molecule has 2 aromatic carbocycles. The number of rotatable bonds is 7. The Hall–Kier alpha value is -2.92. The maximum Gasteiger partial charge on any atom is 0.253 e. The molecule has 1 aromatic heterocycles. The maximum absolute atomic E-state index is 13.1. The zero-order valence-corrected chi connectivity index (χ0v) is 20.1. The molecule has 8 nitrogen and oxygen atoms in total. The van der Waals surface area contributed by atoms with Gasteiger partial charge in [-0.2, -0.15) is 0 Å². The van der Waals surface area contributed by atoms with Gasteiger partial charge in [-0.25, -0.2) is 13.1 Å². The van der Waals surface area contributed by atoms with Gasteiger partial charge in [0.1, 0.15) is 0 Å². The van der Waals surface area contributed by atoms with Crippen molar-refractivity contribution in [3.63, 3.8) is 0 Å². The van der Waals surface area contributed by atoms with Crippen LogP contribution in [0.15, 0.2) is 64.9 Å². The lowest BCUT2D eigenvalue weighted by Crippen LogP contribution is -2.48. The van der Waals surface area contributed by atoms with Crippen LogP contribution in [-0.4, -0.2) is 57.1 Å². The Balaban J connectivity index is 1.18. The lowest BCUT2D eigenvalue weighted by molar-refractivity contribution is 0.0628. The molecule has 5 rings (SSSR count). The molecule has 0 bridgehead atoms. The van der Waals surface area contributed by atoms with Crippen molar-refractivity contribution in [2.24, 2.45) is 0 Å². The van der Waals surface area contributed by atoms with Crippen LogP contribution in [0.2, 0.25) is 0 Å². The number of fused-ring (bicyclic) bond motifs is 1. The first-order valence-electron chi connectivity index (χ1n) is 11.0. The fourth-order valence-corrected chi connectivity index (χ4v) is 5.84. The maximum atomic E-state index is 13.1. The SMILES string of the molecule is O=C(c1cccc(S(=O)(=O)NCc2cccs2)c1)N1CCN(Cc2ccc3c(c2)OCO3)CC1. The smallest absolute Gasteiger partial charge is 0.253 e. The average Bonchev–Trinajstić information content (AvgIpc) is 3.55. The molecule has 0 spiro atoms. The molecule has 0 unspecified atom stereocenters. The third kappa shape index (κ3) is 5.10. The van der Waals surface area contributed by atoms with E-state index in [1.807, 2.05) is 35.7 Å². The number of sulfonamides is 1. The minimum absolute atomic E-state index is 0.0938. The van der Waals surface area contributed by atoms with Crippen LogP contribution in [0.3, 0.4) is 0 Å². The van der Waals surface area contributed by atoms with E-state index in [2.05, 4.69) is 9.62 Å². The van der Waals surface area contributed by atoms with Crippen molar-refractivity contribution in [2.75, 3.05) is 33.0 Å². The van der Waals surface area contributed by atoms with E-state index >= 15 is 0 Å². The van der Waals surface area contributed by atoms with Gasteiger partial charge < -0.3 is 14.4 Å². The molecule has 1 amide bonds. The second-order valence-corrected chi connectivity index (χ2v) is 11.0. The van der Waals surface area contributed by atoms with Gasteiger partial charge in [-0.05, 0) is 47.3 Å². The average molecular weight is 500 g/mol. The van der Waals surface area contributed by atoms with Gasteiger partial charge in [0.15, 0.2) is 11.5 Å². The van der Waals surface area contributed by atoms with Gasteiger partial charge in [0, 0.05) is 49.7 Å². The Bertz CT molecular complexity index is 1270. The fourth-order valence-electron chi connectivity index (χ4n) is 4.05. The topological polar surface area (TPSA) is 88.2 Å². The summed E-state index contributed by atoms with van der Waals surface area (Å²) in [5, 5.41) is 1.90. The highest BCUT2D eigenvalue weighted by atomic mass is 32.2. The van der Waals surface area contributed by atoms with Crippen molar-refractivity contribution in [1.82, 2.24) is 14.5 Å². The van der Waals surface area contributed by atoms with Gasteiger partial charge in [0.2, 0.25) is 16.8 Å². The van der Waals surface area contributed by atoms with Crippen LogP contribution in [0.1, 0.15) is 20.8 Å². The zero-order valence-electron chi connectivity index (χ0n) is 18.5. The van der Waals surface area contributed by atoms with Crippen LogP contribution < -0.4 is 14.2 Å². The Kier molecular flexibility index (Phi) is 6.55. The Morgan fingerprint density at radius 2 is 1.79 bits per heavy atom. The second-order valence-electron chi connectivity index (χ2n) is 8.19. The fraction of sp³-hybridized carbons (Fsp3) is 0.292. The molecule has 1 saturated heterocycles. The first kappa shape index (κ1) is 22.9. The largest absolute Gasteiger partial charge is 0.454 e. The predicted octanol–water partition coefficient (Wildman–Crippen LogP) is 2.91. The first-order valence-corrected chi connectivity index (χ1v) is 13.4. The van der Waals surface area contributed by atoms with E-state index in [4.69, 9.17) is 9.47 Å². The number of amides is 1. The molecule has 0 aliphatic carbocycles. The van der Waals surface area contributed by atoms with Gasteiger partial charge in [-0.1, -0.05) is 18.2 Å². The van der Waals surface area contributed by atoms with Crippen LogP contribution >= 0.6 is 11.3 Å². The predicted molar refractivity (Wildman–Crippen MR) is 129 cm³/mol. The van der Waals surface area contributed by atoms with Crippen LogP contribution in [0.4, 0.5) is 0 Å². The van der Waals surface area contributed by atoms with Gasteiger partial charge in [0.25, 0.3) is 5.91 Å². The number of nitrogens with zero attached hydrogens (tertiary/aromatic N) is 2. The number of carbonyl (C=O) groups excluding carboxylic acids is 1. The van der Waals surface area contributed by atoms with Crippen LogP contribution in [0.5, 0.6) is 11.5 Å². The number of piperazine rings is 1. The Labute approximate surface area is 202 Å². The van der Waals surface area contributed by atoms with E-state index in [1.54, 1.807) is 17.0 Å². The second kappa shape index (κ2) is 9.75. The molecule has 1 fully saturated rings. The molecular formula is C24H25N3O5S2. The van der Waals surface area contributed by atoms with Crippen molar-refractivity contribution in [3.05, 3.63) is 76.0 Å². The molecule has 1 N–H and O–H groups in total. The number of benzene rings is 2. The number of nitrogens with one attached hydrogen (secondary N) is 1. The molecule has 10 heteroatoms. The normalized spacial score (nSPS) is 16.1. The lowest BCUT2D eigenvalue weighted by atomic mass is 10.1. The highest BCUT2D eigenvalue weighted by Gasteiger charge is 2.24. The molecule has 0 atom stereocenters. The molecule has 3 heterocycles. The summed E-state index contributed by atoms with van der Waals surface area (Å²) in [6.07, 6.45) is 0. The van der Waals surface area contributed by atoms with E-state index in [-0.39, 0.29) is 24.1 Å².